The molecule has 0 unspecified atom stereocenters. The molecule has 2 saturated heterocycles. The van der Waals surface area contributed by atoms with Gasteiger partial charge in [-0.05, 0) is 19.3 Å². The first-order chi connectivity index (χ1) is 28.8. The average molecular weight is 840 g/mol. The van der Waals surface area contributed by atoms with Gasteiger partial charge in [0.2, 0.25) is 5.91 Å². The van der Waals surface area contributed by atoms with E-state index in [-0.39, 0.29) is 18.6 Å². The van der Waals surface area contributed by atoms with Crippen molar-refractivity contribution in [3.63, 3.8) is 0 Å². The van der Waals surface area contributed by atoms with Gasteiger partial charge < -0.3 is 39.9 Å². The van der Waals surface area contributed by atoms with Crippen molar-refractivity contribution >= 4 is 5.91 Å². The summed E-state index contributed by atoms with van der Waals surface area (Å²) < 4.78 is 11.4. The topological polar surface area (TPSA) is 140 Å². The van der Waals surface area contributed by atoms with Gasteiger partial charge in [-0.3, -0.25) is 4.79 Å². The van der Waals surface area contributed by atoms with Crippen molar-refractivity contribution < 1.29 is 39.8 Å². The largest absolute Gasteiger partial charge is 0.394 e. The van der Waals surface area contributed by atoms with E-state index >= 15 is 0 Å². The van der Waals surface area contributed by atoms with Crippen LogP contribution in [0, 0.1) is 0 Å². The van der Waals surface area contributed by atoms with Gasteiger partial charge in [0, 0.05) is 12.5 Å². The third-order valence-corrected chi connectivity index (χ3v) is 13.4. The minimum atomic E-state index is -1.54. The van der Waals surface area contributed by atoms with Crippen molar-refractivity contribution in [2.75, 3.05) is 13.2 Å². The summed E-state index contributed by atoms with van der Waals surface area (Å²) in [6.07, 6.45) is 38.7. The number of hydrogen-bond donors (Lipinski definition) is 5. The number of carbonyl (C=O) groups is 1. The SMILES string of the molecule is CCCCCCCCCCCCCCCCCCCCCCCCCC(=O)N1[C@@H](CCCCCCCCCCCCC)C[C@@H](O)[C@@H]1CO[C@@H]1O[C@H](CO)[C@H](O)[C@H](O)[C@H]1O. The van der Waals surface area contributed by atoms with Crippen molar-refractivity contribution in [1.82, 2.24) is 4.90 Å². The quantitative estimate of drug-likeness (QED) is 0.0384. The Labute approximate surface area is 363 Å². The van der Waals surface area contributed by atoms with Crippen LogP contribution in [0.25, 0.3) is 0 Å². The second kappa shape index (κ2) is 36.7. The number of nitrogens with zero attached hydrogens (tertiary/aromatic N) is 1. The van der Waals surface area contributed by atoms with Crippen LogP contribution in [0.1, 0.15) is 251 Å². The van der Waals surface area contributed by atoms with Gasteiger partial charge >= 0.3 is 0 Å². The Balaban J connectivity index is 1.62. The van der Waals surface area contributed by atoms with E-state index in [2.05, 4.69) is 13.8 Å². The van der Waals surface area contributed by atoms with Gasteiger partial charge in [-0.15, -0.1) is 0 Å². The van der Waals surface area contributed by atoms with Gasteiger partial charge in [0.1, 0.15) is 24.4 Å². The Hall–Kier alpha value is -0.810. The number of carbonyl (C=O) groups excluding carboxylic acids is 1. The molecule has 2 fully saturated rings. The Bertz CT molecular complexity index is 954. The van der Waals surface area contributed by atoms with Crippen LogP contribution in [0.4, 0.5) is 0 Å². The fraction of sp³-hybridized carbons (Fsp3) is 0.980. The predicted octanol–water partition coefficient (Wildman–Crippen LogP) is 11.2. The van der Waals surface area contributed by atoms with Crippen molar-refractivity contribution in [2.24, 2.45) is 0 Å². The molecule has 0 bridgehead atoms. The summed E-state index contributed by atoms with van der Waals surface area (Å²) in [5, 5.41) is 51.7. The Morgan fingerprint density at radius 3 is 1.29 bits per heavy atom. The van der Waals surface area contributed by atoms with Gasteiger partial charge in [0.25, 0.3) is 0 Å². The molecule has 5 N–H and O–H groups in total. The second-order valence-corrected chi connectivity index (χ2v) is 18.7. The highest BCUT2D eigenvalue weighted by Gasteiger charge is 2.47. The number of ether oxygens (including phenoxy) is 2. The fourth-order valence-electron chi connectivity index (χ4n) is 9.48. The van der Waals surface area contributed by atoms with E-state index in [1.807, 2.05) is 4.90 Å². The molecule has 0 aromatic rings. The van der Waals surface area contributed by atoms with E-state index in [0.29, 0.717) is 12.8 Å². The van der Waals surface area contributed by atoms with Gasteiger partial charge in [0.15, 0.2) is 6.29 Å². The third kappa shape index (κ3) is 24.6. The van der Waals surface area contributed by atoms with Crippen LogP contribution in [-0.2, 0) is 14.3 Å². The standard InChI is InChI=1S/C50H97NO8/c1-3-5-7-9-11-13-15-16-17-18-19-20-21-22-23-24-25-26-28-30-32-34-36-38-46(54)51-42(37-35-33-31-29-27-14-12-10-8-6-4-2)39-44(53)43(51)41-58-50-49(57)48(56)47(55)45(40-52)59-50/h42-45,47-50,52-53,55-57H,3-41H2,1-2H3/t42-,43-,44+,45+,47-,48-,49+,50+/m0/s1. The molecule has 350 valence electrons. The maximum absolute atomic E-state index is 13.8. The number of aliphatic hydroxyl groups is 5. The molecule has 9 nitrogen and oxygen atoms in total. The average Bonchev–Trinajstić information content (AvgIpc) is 3.55. The lowest BCUT2D eigenvalue weighted by Crippen LogP contribution is -2.59. The number of likely N-dealkylation sites (tertiary alicyclic amines) is 1. The molecule has 0 aromatic heterocycles. The predicted molar refractivity (Wildman–Crippen MR) is 242 cm³/mol. The zero-order valence-electron chi connectivity index (χ0n) is 38.6. The van der Waals surface area contributed by atoms with Gasteiger partial charge in [-0.2, -0.15) is 0 Å². The number of aliphatic hydroxyl groups excluding tert-OH is 5. The summed E-state index contributed by atoms with van der Waals surface area (Å²) in [5.74, 6) is 0.0422. The molecule has 2 aliphatic rings. The minimum absolute atomic E-state index is 0.0422. The zero-order chi connectivity index (χ0) is 42.8. The number of amides is 1. The lowest BCUT2D eigenvalue weighted by atomic mass is 9.99. The molecular formula is C50H97NO8. The Morgan fingerprint density at radius 1 is 0.525 bits per heavy atom. The maximum Gasteiger partial charge on any atom is 0.223 e. The molecule has 0 radical (unpaired) electrons. The molecular weight excluding hydrogens is 743 g/mol. The molecule has 2 aliphatic heterocycles. The minimum Gasteiger partial charge on any atom is -0.394 e. The van der Waals surface area contributed by atoms with Crippen LogP contribution in [-0.4, -0.2) is 98.4 Å². The highest BCUT2D eigenvalue weighted by Crippen LogP contribution is 2.32. The summed E-state index contributed by atoms with van der Waals surface area (Å²) in [6.45, 7) is 3.94. The first-order valence-electron chi connectivity index (χ1n) is 25.8. The molecule has 59 heavy (non-hydrogen) atoms. The van der Waals surface area contributed by atoms with Crippen molar-refractivity contribution in [3.8, 4) is 0 Å². The first-order valence-corrected chi connectivity index (χ1v) is 25.8. The Kier molecular flexibility index (Phi) is 33.7. The van der Waals surface area contributed by atoms with E-state index < -0.39 is 49.5 Å². The van der Waals surface area contributed by atoms with Crippen LogP contribution in [0.2, 0.25) is 0 Å². The van der Waals surface area contributed by atoms with E-state index in [1.165, 1.54) is 186 Å². The van der Waals surface area contributed by atoms with Crippen LogP contribution in [0.5, 0.6) is 0 Å². The normalized spacial score (nSPS) is 24.7. The number of rotatable bonds is 40. The van der Waals surface area contributed by atoms with E-state index in [9.17, 15) is 30.3 Å². The molecule has 9 heteroatoms. The molecule has 8 atom stereocenters. The van der Waals surface area contributed by atoms with Crippen molar-refractivity contribution in [1.29, 1.82) is 0 Å². The highest BCUT2D eigenvalue weighted by molar-refractivity contribution is 5.77. The molecule has 0 saturated carbocycles. The summed E-state index contributed by atoms with van der Waals surface area (Å²) in [7, 11) is 0. The maximum atomic E-state index is 13.8. The van der Waals surface area contributed by atoms with Crippen molar-refractivity contribution in [2.45, 2.75) is 300 Å². The summed E-state index contributed by atoms with van der Waals surface area (Å²) in [5.41, 5.74) is 0. The monoisotopic (exact) mass is 840 g/mol. The molecule has 0 aliphatic carbocycles. The molecule has 2 rings (SSSR count). The van der Waals surface area contributed by atoms with Gasteiger partial charge in [0.05, 0.1) is 25.4 Å². The third-order valence-electron chi connectivity index (χ3n) is 13.4. The second-order valence-electron chi connectivity index (χ2n) is 18.7. The van der Waals surface area contributed by atoms with Gasteiger partial charge in [-0.25, -0.2) is 0 Å². The highest BCUT2D eigenvalue weighted by atomic mass is 16.7. The van der Waals surface area contributed by atoms with Crippen LogP contribution < -0.4 is 0 Å². The Morgan fingerprint density at radius 2 is 0.898 bits per heavy atom. The van der Waals surface area contributed by atoms with Crippen LogP contribution in [0.3, 0.4) is 0 Å². The lowest BCUT2D eigenvalue weighted by molar-refractivity contribution is -0.303. The molecule has 0 aromatic carbocycles. The fourth-order valence-corrected chi connectivity index (χ4v) is 9.48. The number of unbranched alkanes of at least 4 members (excludes halogenated alkanes) is 32. The van der Waals surface area contributed by atoms with Gasteiger partial charge in [-0.1, -0.05) is 226 Å². The molecule has 2 heterocycles. The van der Waals surface area contributed by atoms with E-state index in [1.54, 1.807) is 0 Å². The van der Waals surface area contributed by atoms with E-state index in [4.69, 9.17) is 9.47 Å². The summed E-state index contributed by atoms with van der Waals surface area (Å²) in [4.78, 5) is 15.7. The number of hydrogen-bond acceptors (Lipinski definition) is 8. The van der Waals surface area contributed by atoms with Crippen LogP contribution >= 0.6 is 0 Å². The lowest BCUT2D eigenvalue weighted by Gasteiger charge is -2.40. The molecule has 1 amide bonds. The van der Waals surface area contributed by atoms with Crippen LogP contribution in [0.15, 0.2) is 0 Å². The van der Waals surface area contributed by atoms with Crippen molar-refractivity contribution in [3.05, 3.63) is 0 Å². The molecule has 0 spiro atoms. The summed E-state index contributed by atoms with van der Waals surface area (Å²) in [6, 6.07) is -0.652. The zero-order valence-corrected chi connectivity index (χ0v) is 38.6. The van der Waals surface area contributed by atoms with E-state index in [0.717, 1.165) is 38.5 Å². The smallest absolute Gasteiger partial charge is 0.223 e. The first kappa shape index (κ1) is 54.3. The summed E-state index contributed by atoms with van der Waals surface area (Å²) >= 11 is 0.